The molecule has 2 unspecified atom stereocenters. The zero-order valence-electron chi connectivity index (χ0n) is 10.9. The lowest BCUT2D eigenvalue weighted by Gasteiger charge is -2.19. The highest BCUT2D eigenvalue weighted by molar-refractivity contribution is 7.99. The quantitative estimate of drug-likeness (QED) is 0.914. The summed E-state index contributed by atoms with van der Waals surface area (Å²) in [6.45, 7) is 0.985. The molecule has 104 valence electrons. The van der Waals surface area contributed by atoms with Crippen molar-refractivity contribution < 1.29 is 9.26 Å². The first-order valence-corrected chi connectivity index (χ1v) is 7.95. The van der Waals surface area contributed by atoms with E-state index in [1.54, 1.807) is 0 Å². The van der Waals surface area contributed by atoms with E-state index in [2.05, 4.69) is 21.5 Å². The van der Waals surface area contributed by atoms with Crippen molar-refractivity contribution in [2.75, 3.05) is 18.1 Å². The standard InChI is InChI=1S/C14H15N3O2S/c1-2-4-11-9(3-1)7-12(18-11)13-16-14(19-17-13)10-8-20-6-5-15-10/h1-4,10,12,15H,5-8H2. The summed E-state index contributed by atoms with van der Waals surface area (Å²) in [6, 6.07) is 8.23. The van der Waals surface area contributed by atoms with Crippen molar-refractivity contribution in [3.63, 3.8) is 0 Å². The van der Waals surface area contributed by atoms with E-state index in [0.717, 1.165) is 30.2 Å². The van der Waals surface area contributed by atoms with Crippen LogP contribution in [0.4, 0.5) is 0 Å². The summed E-state index contributed by atoms with van der Waals surface area (Å²) in [5, 5.41) is 7.49. The maximum Gasteiger partial charge on any atom is 0.244 e. The van der Waals surface area contributed by atoms with E-state index < -0.39 is 0 Å². The van der Waals surface area contributed by atoms with Crippen LogP contribution in [-0.2, 0) is 6.42 Å². The number of rotatable bonds is 2. The molecule has 5 nitrogen and oxygen atoms in total. The van der Waals surface area contributed by atoms with Gasteiger partial charge in [-0.15, -0.1) is 0 Å². The van der Waals surface area contributed by atoms with Gasteiger partial charge in [0.25, 0.3) is 0 Å². The fraction of sp³-hybridized carbons (Fsp3) is 0.429. The second kappa shape index (κ2) is 5.10. The summed E-state index contributed by atoms with van der Waals surface area (Å²) in [4.78, 5) is 4.52. The van der Waals surface area contributed by atoms with Crippen molar-refractivity contribution >= 4 is 11.8 Å². The molecule has 1 fully saturated rings. The monoisotopic (exact) mass is 289 g/mol. The Kier molecular flexibility index (Phi) is 3.12. The van der Waals surface area contributed by atoms with Gasteiger partial charge < -0.3 is 14.6 Å². The number of fused-ring (bicyclic) bond motifs is 1. The molecule has 0 bridgehead atoms. The van der Waals surface area contributed by atoms with Gasteiger partial charge in [0.15, 0.2) is 6.10 Å². The summed E-state index contributed by atoms with van der Waals surface area (Å²) in [5.74, 6) is 4.36. The number of ether oxygens (including phenoxy) is 1. The van der Waals surface area contributed by atoms with Gasteiger partial charge in [-0.1, -0.05) is 23.4 Å². The van der Waals surface area contributed by atoms with Crippen molar-refractivity contribution in [2.24, 2.45) is 0 Å². The smallest absolute Gasteiger partial charge is 0.244 e. The van der Waals surface area contributed by atoms with Gasteiger partial charge in [0, 0.05) is 24.5 Å². The minimum atomic E-state index is -0.124. The van der Waals surface area contributed by atoms with Crippen LogP contribution in [0.1, 0.15) is 29.4 Å². The molecule has 0 spiro atoms. The Morgan fingerprint density at radius 1 is 1.30 bits per heavy atom. The molecule has 0 saturated carbocycles. The van der Waals surface area contributed by atoms with E-state index in [1.165, 1.54) is 5.56 Å². The van der Waals surface area contributed by atoms with E-state index in [9.17, 15) is 0 Å². The molecule has 2 aliphatic heterocycles. The molecule has 1 aromatic carbocycles. The minimum absolute atomic E-state index is 0.124. The van der Waals surface area contributed by atoms with Crippen molar-refractivity contribution in [2.45, 2.75) is 18.6 Å². The molecule has 2 aromatic rings. The van der Waals surface area contributed by atoms with E-state index in [1.807, 2.05) is 30.0 Å². The van der Waals surface area contributed by atoms with Crippen molar-refractivity contribution in [3.05, 3.63) is 41.5 Å². The van der Waals surface area contributed by atoms with Crippen LogP contribution in [0.25, 0.3) is 0 Å². The Balaban J connectivity index is 1.52. The highest BCUT2D eigenvalue weighted by Crippen LogP contribution is 2.35. The Morgan fingerprint density at radius 2 is 2.25 bits per heavy atom. The zero-order chi connectivity index (χ0) is 13.4. The molecule has 1 saturated heterocycles. The molecular weight excluding hydrogens is 274 g/mol. The van der Waals surface area contributed by atoms with E-state index >= 15 is 0 Å². The van der Waals surface area contributed by atoms with Crippen LogP contribution in [0, 0.1) is 0 Å². The van der Waals surface area contributed by atoms with Gasteiger partial charge in [-0.25, -0.2) is 0 Å². The second-order valence-corrected chi connectivity index (χ2v) is 6.14. The molecule has 0 amide bonds. The predicted octanol–water partition coefficient (Wildman–Crippen LogP) is 2.12. The third-order valence-electron chi connectivity index (χ3n) is 3.61. The van der Waals surface area contributed by atoms with Crippen LogP contribution < -0.4 is 10.1 Å². The summed E-state index contributed by atoms with van der Waals surface area (Å²) < 4.78 is 11.3. The van der Waals surface area contributed by atoms with Crippen LogP contribution in [0.15, 0.2) is 28.8 Å². The zero-order valence-corrected chi connectivity index (χ0v) is 11.7. The SMILES string of the molecule is c1ccc2c(c1)CC(c1noc(C3CSCCN3)n1)O2. The molecule has 2 aliphatic rings. The summed E-state index contributed by atoms with van der Waals surface area (Å²) in [6.07, 6.45) is 0.684. The molecule has 4 rings (SSSR count). The van der Waals surface area contributed by atoms with Gasteiger partial charge in [-0.2, -0.15) is 16.7 Å². The molecule has 2 atom stereocenters. The van der Waals surface area contributed by atoms with E-state index in [0.29, 0.717) is 11.7 Å². The Bertz CT molecular complexity index is 585. The van der Waals surface area contributed by atoms with Crippen molar-refractivity contribution in [3.8, 4) is 5.75 Å². The molecule has 1 N–H and O–H groups in total. The lowest BCUT2D eigenvalue weighted by molar-refractivity contribution is 0.220. The molecule has 0 radical (unpaired) electrons. The van der Waals surface area contributed by atoms with E-state index in [4.69, 9.17) is 9.26 Å². The second-order valence-electron chi connectivity index (χ2n) is 4.99. The first-order chi connectivity index (χ1) is 9.90. The summed E-state index contributed by atoms with van der Waals surface area (Å²) in [7, 11) is 0. The van der Waals surface area contributed by atoms with Crippen LogP contribution in [0.3, 0.4) is 0 Å². The Hall–Kier alpha value is -1.53. The average molecular weight is 289 g/mol. The van der Waals surface area contributed by atoms with E-state index in [-0.39, 0.29) is 12.1 Å². The lowest BCUT2D eigenvalue weighted by Crippen LogP contribution is -2.30. The number of nitrogens with zero attached hydrogens (tertiary/aromatic N) is 2. The van der Waals surface area contributed by atoms with Crippen molar-refractivity contribution in [1.82, 2.24) is 15.5 Å². The van der Waals surface area contributed by atoms with Crippen LogP contribution in [-0.4, -0.2) is 28.2 Å². The van der Waals surface area contributed by atoms with Gasteiger partial charge in [0.1, 0.15) is 5.75 Å². The molecule has 3 heterocycles. The minimum Gasteiger partial charge on any atom is -0.482 e. The topological polar surface area (TPSA) is 60.2 Å². The number of aromatic nitrogens is 2. The number of hydrogen-bond donors (Lipinski definition) is 1. The predicted molar refractivity (Wildman–Crippen MR) is 75.9 cm³/mol. The number of para-hydroxylation sites is 1. The molecular formula is C14H15N3O2S. The van der Waals surface area contributed by atoms with Gasteiger partial charge in [0.05, 0.1) is 6.04 Å². The van der Waals surface area contributed by atoms with Gasteiger partial charge in [-0.05, 0) is 11.6 Å². The highest BCUT2D eigenvalue weighted by Gasteiger charge is 2.30. The van der Waals surface area contributed by atoms with Gasteiger partial charge in [0.2, 0.25) is 11.7 Å². The van der Waals surface area contributed by atoms with Crippen LogP contribution >= 0.6 is 11.8 Å². The molecule has 6 heteroatoms. The highest BCUT2D eigenvalue weighted by atomic mass is 32.2. The normalized spacial score (nSPS) is 25.2. The summed E-state index contributed by atoms with van der Waals surface area (Å²) >= 11 is 1.91. The fourth-order valence-electron chi connectivity index (χ4n) is 2.57. The van der Waals surface area contributed by atoms with Crippen LogP contribution in [0.2, 0.25) is 0 Å². The number of benzene rings is 1. The lowest BCUT2D eigenvalue weighted by atomic mass is 10.1. The van der Waals surface area contributed by atoms with Crippen molar-refractivity contribution in [1.29, 1.82) is 0 Å². The molecule has 1 aromatic heterocycles. The maximum atomic E-state index is 5.88. The van der Waals surface area contributed by atoms with Gasteiger partial charge >= 0.3 is 0 Å². The third-order valence-corrected chi connectivity index (χ3v) is 4.67. The molecule has 20 heavy (non-hydrogen) atoms. The Morgan fingerprint density at radius 3 is 3.10 bits per heavy atom. The number of thioether (sulfide) groups is 1. The average Bonchev–Trinajstić information content (AvgIpc) is 3.14. The number of nitrogens with one attached hydrogen (secondary N) is 1. The van der Waals surface area contributed by atoms with Crippen LogP contribution in [0.5, 0.6) is 5.75 Å². The largest absolute Gasteiger partial charge is 0.482 e. The summed E-state index contributed by atoms with van der Waals surface area (Å²) in [5.41, 5.74) is 1.20. The first-order valence-electron chi connectivity index (χ1n) is 6.79. The third kappa shape index (κ3) is 2.19. The molecule has 0 aliphatic carbocycles. The fourth-order valence-corrected chi connectivity index (χ4v) is 3.49. The maximum absolute atomic E-state index is 5.88. The number of hydrogen-bond acceptors (Lipinski definition) is 6. The Labute approximate surface area is 121 Å². The first kappa shape index (κ1) is 12.2. The van der Waals surface area contributed by atoms with Gasteiger partial charge in [-0.3, -0.25) is 0 Å².